The predicted octanol–water partition coefficient (Wildman–Crippen LogP) is 2.20. The van der Waals surface area contributed by atoms with Gasteiger partial charge in [0.25, 0.3) is 0 Å². The fourth-order valence-corrected chi connectivity index (χ4v) is 2.18. The highest BCUT2D eigenvalue weighted by atomic mass is 15.0. The van der Waals surface area contributed by atoms with Crippen LogP contribution >= 0.6 is 0 Å². The molecular formula is C12H12N4. The Morgan fingerprint density at radius 1 is 1.25 bits per heavy atom. The van der Waals surface area contributed by atoms with Gasteiger partial charge in [-0.05, 0) is 25.0 Å². The second-order valence-corrected chi connectivity index (χ2v) is 4.00. The van der Waals surface area contributed by atoms with Crippen molar-refractivity contribution in [1.82, 2.24) is 9.97 Å². The fraction of sp³-hybridized carbons (Fsp3) is 0.250. The molecule has 3 rings (SSSR count). The molecule has 1 aromatic heterocycles. The highest BCUT2D eigenvalue weighted by Crippen LogP contribution is 2.33. The fourth-order valence-electron chi connectivity index (χ4n) is 2.18. The summed E-state index contributed by atoms with van der Waals surface area (Å²) in [6, 6.07) is 0. The summed E-state index contributed by atoms with van der Waals surface area (Å²) in [5.41, 5.74) is 5.82. The number of anilines is 1. The van der Waals surface area contributed by atoms with Gasteiger partial charge >= 0.3 is 0 Å². The highest BCUT2D eigenvalue weighted by molar-refractivity contribution is 5.95. The Hall–Kier alpha value is -1.97. The summed E-state index contributed by atoms with van der Waals surface area (Å²) in [5, 5.41) is 4.33. The Morgan fingerprint density at radius 3 is 3.00 bits per heavy atom. The van der Waals surface area contributed by atoms with Crippen molar-refractivity contribution in [3.05, 3.63) is 29.2 Å². The van der Waals surface area contributed by atoms with Gasteiger partial charge in [-0.25, -0.2) is 9.97 Å². The second kappa shape index (κ2) is 3.27. The molecule has 4 heteroatoms. The van der Waals surface area contributed by atoms with E-state index in [0.29, 0.717) is 6.54 Å². The molecule has 0 spiro atoms. The third-order valence-electron chi connectivity index (χ3n) is 3.19. The lowest BCUT2D eigenvalue weighted by atomic mass is 9.97. The number of aryl methyl sites for hydroxylation is 1. The van der Waals surface area contributed by atoms with Crippen LogP contribution in [-0.2, 0) is 6.54 Å². The molecule has 2 heterocycles. The lowest BCUT2D eigenvalue weighted by Crippen LogP contribution is -2.09. The average molecular weight is 212 g/mol. The van der Waals surface area contributed by atoms with Crippen molar-refractivity contribution in [2.45, 2.75) is 20.4 Å². The van der Waals surface area contributed by atoms with Gasteiger partial charge in [-0.2, -0.15) is 0 Å². The lowest BCUT2D eigenvalue weighted by Gasteiger charge is -2.19. The molecule has 0 unspecified atom stereocenters. The minimum Gasteiger partial charge on any atom is -0.346 e. The predicted molar refractivity (Wildman–Crippen MR) is 64.8 cm³/mol. The van der Waals surface area contributed by atoms with Crippen LogP contribution in [0.4, 0.5) is 5.69 Å². The van der Waals surface area contributed by atoms with Crippen molar-refractivity contribution in [2.75, 3.05) is 5.32 Å². The summed E-state index contributed by atoms with van der Waals surface area (Å²) >= 11 is 0. The smallest absolute Gasteiger partial charge is 0.116 e. The van der Waals surface area contributed by atoms with Gasteiger partial charge in [0.05, 0.1) is 18.4 Å². The summed E-state index contributed by atoms with van der Waals surface area (Å²) < 4.78 is 0. The molecule has 2 aromatic rings. The van der Waals surface area contributed by atoms with Crippen LogP contribution in [0, 0.1) is 13.8 Å². The number of aromatic nitrogens is 2. The van der Waals surface area contributed by atoms with E-state index in [4.69, 9.17) is 0 Å². The third kappa shape index (κ3) is 1.13. The monoisotopic (exact) mass is 212 g/mol. The third-order valence-corrected chi connectivity index (χ3v) is 3.19. The SMILES string of the molecule is Cc1c2c(c3ncncc3c1C)CN=CN2. The molecule has 1 aromatic carbocycles. The van der Waals surface area contributed by atoms with Crippen molar-refractivity contribution in [3.63, 3.8) is 0 Å². The molecule has 0 amide bonds. The largest absolute Gasteiger partial charge is 0.346 e. The summed E-state index contributed by atoms with van der Waals surface area (Å²) in [7, 11) is 0. The van der Waals surface area contributed by atoms with Crippen LogP contribution in [0.15, 0.2) is 17.5 Å². The molecule has 4 nitrogen and oxygen atoms in total. The molecule has 1 N–H and O–H groups in total. The molecule has 0 bridgehead atoms. The van der Waals surface area contributed by atoms with Crippen LogP contribution in [0.25, 0.3) is 10.9 Å². The first-order valence-corrected chi connectivity index (χ1v) is 5.25. The maximum absolute atomic E-state index is 4.37. The number of hydrogen-bond donors (Lipinski definition) is 1. The van der Waals surface area contributed by atoms with Crippen LogP contribution < -0.4 is 5.32 Å². The van der Waals surface area contributed by atoms with Gasteiger partial charge in [0.1, 0.15) is 6.33 Å². The van der Waals surface area contributed by atoms with Crippen molar-refractivity contribution in [1.29, 1.82) is 0 Å². The Kier molecular flexibility index (Phi) is 1.89. The Labute approximate surface area is 93.5 Å². The quantitative estimate of drug-likeness (QED) is 0.728. The number of benzene rings is 1. The average Bonchev–Trinajstić information content (AvgIpc) is 2.36. The van der Waals surface area contributed by atoms with Crippen LogP contribution in [0.1, 0.15) is 16.7 Å². The topological polar surface area (TPSA) is 50.2 Å². The van der Waals surface area contributed by atoms with Gasteiger partial charge in [0, 0.05) is 22.8 Å². The molecule has 0 atom stereocenters. The van der Waals surface area contributed by atoms with E-state index >= 15 is 0 Å². The van der Waals surface area contributed by atoms with Gasteiger partial charge in [-0.15, -0.1) is 0 Å². The molecule has 0 aliphatic carbocycles. The normalized spacial score (nSPS) is 13.6. The van der Waals surface area contributed by atoms with Crippen molar-refractivity contribution >= 4 is 22.9 Å². The van der Waals surface area contributed by atoms with Crippen LogP contribution in [0.2, 0.25) is 0 Å². The number of rotatable bonds is 0. The molecule has 0 fully saturated rings. The zero-order chi connectivity index (χ0) is 11.1. The lowest BCUT2D eigenvalue weighted by molar-refractivity contribution is 1.05. The van der Waals surface area contributed by atoms with Crippen molar-refractivity contribution < 1.29 is 0 Å². The van der Waals surface area contributed by atoms with E-state index in [1.165, 1.54) is 16.7 Å². The van der Waals surface area contributed by atoms with Crippen molar-refractivity contribution in [3.8, 4) is 0 Å². The number of nitrogens with one attached hydrogen (secondary N) is 1. The molecular weight excluding hydrogens is 200 g/mol. The van der Waals surface area contributed by atoms with E-state index in [2.05, 4.69) is 34.1 Å². The van der Waals surface area contributed by atoms with Crippen LogP contribution in [0.5, 0.6) is 0 Å². The van der Waals surface area contributed by atoms with Crippen molar-refractivity contribution in [2.24, 2.45) is 4.99 Å². The number of aliphatic imine (C=N–C) groups is 1. The number of hydrogen-bond acceptors (Lipinski definition) is 4. The summed E-state index contributed by atoms with van der Waals surface area (Å²) in [6.45, 7) is 4.92. The minimum absolute atomic E-state index is 0.691. The number of fused-ring (bicyclic) bond motifs is 3. The van der Waals surface area contributed by atoms with E-state index in [1.54, 1.807) is 12.7 Å². The van der Waals surface area contributed by atoms with Gasteiger partial charge in [-0.1, -0.05) is 0 Å². The van der Waals surface area contributed by atoms with Crippen LogP contribution in [-0.4, -0.2) is 16.3 Å². The summed E-state index contributed by atoms with van der Waals surface area (Å²) in [4.78, 5) is 12.7. The Morgan fingerprint density at radius 2 is 2.12 bits per heavy atom. The molecule has 16 heavy (non-hydrogen) atoms. The van der Waals surface area contributed by atoms with Crippen LogP contribution in [0.3, 0.4) is 0 Å². The molecule has 1 aliphatic heterocycles. The Balaban J connectivity index is 2.48. The Bertz CT molecular complexity index is 601. The molecule has 1 aliphatic rings. The second-order valence-electron chi connectivity index (χ2n) is 4.00. The molecule has 80 valence electrons. The van der Waals surface area contributed by atoms with Gasteiger partial charge < -0.3 is 5.32 Å². The first-order chi connectivity index (χ1) is 7.79. The summed E-state index contributed by atoms with van der Waals surface area (Å²) in [5.74, 6) is 0. The summed E-state index contributed by atoms with van der Waals surface area (Å²) in [6.07, 6.45) is 5.22. The van der Waals surface area contributed by atoms with Gasteiger partial charge in [0.2, 0.25) is 0 Å². The first kappa shape index (κ1) is 9.27. The van der Waals surface area contributed by atoms with E-state index in [1.807, 2.05) is 6.20 Å². The first-order valence-electron chi connectivity index (χ1n) is 5.25. The molecule has 0 saturated carbocycles. The standard InChI is InChI=1S/C12H12N4/c1-7-8(2)11-10(4-14-5-15-11)12-9(7)3-13-6-16-12/h3,5-6H,4H2,1-2H3,(H,14,15). The molecule has 0 radical (unpaired) electrons. The van der Waals surface area contributed by atoms with E-state index in [0.717, 1.165) is 16.6 Å². The highest BCUT2D eigenvalue weighted by Gasteiger charge is 2.16. The zero-order valence-electron chi connectivity index (χ0n) is 9.28. The maximum Gasteiger partial charge on any atom is 0.116 e. The number of nitrogens with zero attached hydrogens (tertiary/aromatic N) is 3. The van der Waals surface area contributed by atoms with E-state index < -0.39 is 0 Å². The van der Waals surface area contributed by atoms with Gasteiger partial charge in [-0.3, -0.25) is 4.99 Å². The maximum atomic E-state index is 4.37. The van der Waals surface area contributed by atoms with E-state index in [9.17, 15) is 0 Å². The van der Waals surface area contributed by atoms with E-state index in [-0.39, 0.29) is 0 Å². The zero-order valence-corrected chi connectivity index (χ0v) is 9.28. The minimum atomic E-state index is 0.691. The van der Waals surface area contributed by atoms with Gasteiger partial charge in [0.15, 0.2) is 0 Å². The molecule has 0 saturated heterocycles.